The summed E-state index contributed by atoms with van der Waals surface area (Å²) in [6.07, 6.45) is 3.29. The maximum absolute atomic E-state index is 12.4. The van der Waals surface area contributed by atoms with Crippen LogP contribution in [0.25, 0.3) is 11.1 Å². The Labute approximate surface area is 123 Å². The van der Waals surface area contributed by atoms with E-state index in [0.717, 1.165) is 31.8 Å². The smallest absolute Gasteiger partial charge is 0.408 e. The molecule has 1 fully saturated rings. The van der Waals surface area contributed by atoms with Crippen LogP contribution in [0.3, 0.4) is 0 Å². The van der Waals surface area contributed by atoms with Crippen molar-refractivity contribution in [2.75, 3.05) is 13.1 Å². The molecule has 2 aromatic rings. The van der Waals surface area contributed by atoms with E-state index in [-0.39, 0.29) is 12.5 Å². The average molecular weight is 288 g/mol. The van der Waals surface area contributed by atoms with Crippen LogP contribution in [0.4, 0.5) is 0 Å². The second-order valence-electron chi connectivity index (χ2n) is 5.65. The fourth-order valence-corrected chi connectivity index (χ4v) is 2.99. The van der Waals surface area contributed by atoms with Gasteiger partial charge in [-0.2, -0.15) is 0 Å². The summed E-state index contributed by atoms with van der Waals surface area (Å²) in [6.45, 7) is 3.84. The Bertz CT molecular complexity index is 693. The van der Waals surface area contributed by atoms with Crippen LogP contribution in [0.1, 0.15) is 26.2 Å². The highest BCUT2D eigenvalue weighted by Crippen LogP contribution is 2.20. The van der Waals surface area contributed by atoms with Crippen molar-refractivity contribution in [1.29, 1.82) is 0 Å². The standard InChI is InChI=1S/C16H20N2O3/c1-2-12-7-9-17(10-8-12)15(19)11-18-13-5-3-4-6-14(13)21-16(18)20/h3-6,12H,2,7-11H2,1H3. The Morgan fingerprint density at radius 1 is 1.29 bits per heavy atom. The van der Waals surface area contributed by atoms with Gasteiger partial charge in [0.15, 0.2) is 5.58 Å². The molecule has 0 N–H and O–H groups in total. The van der Waals surface area contributed by atoms with Crippen molar-refractivity contribution in [2.45, 2.75) is 32.7 Å². The maximum Gasteiger partial charge on any atom is 0.420 e. The number of oxazole rings is 1. The molecule has 0 bridgehead atoms. The summed E-state index contributed by atoms with van der Waals surface area (Å²) in [4.78, 5) is 26.1. The van der Waals surface area contributed by atoms with Crippen LogP contribution >= 0.6 is 0 Å². The van der Waals surface area contributed by atoms with E-state index in [1.807, 2.05) is 17.0 Å². The molecule has 1 aromatic carbocycles. The molecule has 0 spiro atoms. The van der Waals surface area contributed by atoms with Gasteiger partial charge in [-0.25, -0.2) is 4.79 Å². The minimum atomic E-state index is -0.465. The van der Waals surface area contributed by atoms with Crippen LogP contribution < -0.4 is 5.76 Å². The molecule has 2 heterocycles. The Kier molecular flexibility index (Phi) is 3.82. The summed E-state index contributed by atoms with van der Waals surface area (Å²) in [7, 11) is 0. The van der Waals surface area contributed by atoms with Crippen molar-refractivity contribution in [2.24, 2.45) is 5.92 Å². The molecule has 0 atom stereocenters. The van der Waals surface area contributed by atoms with E-state index >= 15 is 0 Å². The lowest BCUT2D eigenvalue weighted by Gasteiger charge is -2.31. The molecular weight excluding hydrogens is 268 g/mol. The van der Waals surface area contributed by atoms with Crippen molar-refractivity contribution in [1.82, 2.24) is 9.47 Å². The summed E-state index contributed by atoms with van der Waals surface area (Å²) in [5, 5.41) is 0. The number of hydrogen-bond donors (Lipinski definition) is 0. The number of aromatic nitrogens is 1. The highest BCUT2D eigenvalue weighted by molar-refractivity contribution is 5.79. The van der Waals surface area contributed by atoms with Gasteiger partial charge in [-0.3, -0.25) is 9.36 Å². The molecule has 1 saturated heterocycles. The van der Waals surface area contributed by atoms with Gasteiger partial charge < -0.3 is 9.32 Å². The molecule has 3 rings (SSSR count). The Hall–Kier alpha value is -2.04. The molecule has 5 nitrogen and oxygen atoms in total. The van der Waals surface area contributed by atoms with E-state index in [1.54, 1.807) is 12.1 Å². The molecule has 1 amide bonds. The number of para-hydroxylation sites is 2. The number of benzene rings is 1. The number of rotatable bonds is 3. The summed E-state index contributed by atoms with van der Waals surface area (Å²) in [5.74, 6) is 0.262. The zero-order chi connectivity index (χ0) is 14.8. The minimum Gasteiger partial charge on any atom is -0.408 e. The number of carbonyl (C=O) groups excluding carboxylic acids is 1. The molecule has 21 heavy (non-hydrogen) atoms. The summed E-state index contributed by atoms with van der Waals surface area (Å²) in [6, 6.07) is 7.19. The van der Waals surface area contributed by atoms with Crippen LogP contribution in [-0.4, -0.2) is 28.5 Å². The number of piperidine rings is 1. The highest BCUT2D eigenvalue weighted by Gasteiger charge is 2.23. The van der Waals surface area contributed by atoms with Crippen LogP contribution in [0, 0.1) is 5.92 Å². The number of fused-ring (bicyclic) bond motifs is 1. The first-order chi connectivity index (χ1) is 10.2. The molecule has 0 unspecified atom stereocenters. The topological polar surface area (TPSA) is 55.5 Å². The average Bonchev–Trinajstić information content (AvgIpc) is 2.83. The molecule has 1 aromatic heterocycles. The first kappa shape index (κ1) is 13.9. The van der Waals surface area contributed by atoms with Crippen molar-refractivity contribution in [3.8, 4) is 0 Å². The quantitative estimate of drug-likeness (QED) is 0.870. The molecule has 1 aliphatic rings. The van der Waals surface area contributed by atoms with Crippen LogP contribution in [-0.2, 0) is 11.3 Å². The zero-order valence-electron chi connectivity index (χ0n) is 12.2. The van der Waals surface area contributed by atoms with Gasteiger partial charge >= 0.3 is 5.76 Å². The fourth-order valence-electron chi connectivity index (χ4n) is 2.99. The predicted octanol–water partition coefficient (Wildman–Crippen LogP) is 2.24. The number of likely N-dealkylation sites (tertiary alicyclic amines) is 1. The summed E-state index contributed by atoms with van der Waals surface area (Å²) in [5.41, 5.74) is 1.21. The molecule has 5 heteroatoms. The number of hydrogen-bond acceptors (Lipinski definition) is 3. The maximum atomic E-state index is 12.4. The Morgan fingerprint density at radius 3 is 2.71 bits per heavy atom. The van der Waals surface area contributed by atoms with E-state index in [1.165, 1.54) is 11.0 Å². The van der Waals surface area contributed by atoms with Gasteiger partial charge in [-0.05, 0) is 30.9 Å². The van der Waals surface area contributed by atoms with Crippen molar-refractivity contribution in [3.05, 3.63) is 34.8 Å². The first-order valence-electron chi connectivity index (χ1n) is 7.55. The lowest BCUT2D eigenvalue weighted by molar-refractivity contribution is -0.133. The minimum absolute atomic E-state index is 0.00166. The zero-order valence-corrected chi connectivity index (χ0v) is 12.2. The monoisotopic (exact) mass is 288 g/mol. The lowest BCUT2D eigenvalue weighted by atomic mass is 9.94. The largest absolute Gasteiger partial charge is 0.420 e. The second-order valence-corrected chi connectivity index (χ2v) is 5.65. The van der Waals surface area contributed by atoms with Gasteiger partial charge in [0, 0.05) is 13.1 Å². The van der Waals surface area contributed by atoms with Gasteiger partial charge in [0.2, 0.25) is 5.91 Å². The third kappa shape index (κ3) is 2.73. The van der Waals surface area contributed by atoms with Crippen LogP contribution in [0.5, 0.6) is 0 Å². The van der Waals surface area contributed by atoms with Crippen LogP contribution in [0.2, 0.25) is 0 Å². The second kappa shape index (κ2) is 5.76. The van der Waals surface area contributed by atoms with Gasteiger partial charge in [0.1, 0.15) is 6.54 Å². The molecule has 0 aliphatic carbocycles. The third-order valence-electron chi connectivity index (χ3n) is 4.41. The first-order valence-corrected chi connectivity index (χ1v) is 7.55. The van der Waals surface area contributed by atoms with Crippen molar-refractivity contribution < 1.29 is 9.21 Å². The van der Waals surface area contributed by atoms with E-state index in [4.69, 9.17) is 4.42 Å². The molecule has 0 radical (unpaired) electrons. The van der Waals surface area contributed by atoms with Gasteiger partial charge in [-0.1, -0.05) is 25.5 Å². The van der Waals surface area contributed by atoms with Crippen LogP contribution in [0.15, 0.2) is 33.5 Å². The van der Waals surface area contributed by atoms with E-state index in [2.05, 4.69) is 6.92 Å². The summed E-state index contributed by atoms with van der Waals surface area (Å²) >= 11 is 0. The van der Waals surface area contributed by atoms with E-state index in [9.17, 15) is 9.59 Å². The predicted molar refractivity (Wildman–Crippen MR) is 80.1 cm³/mol. The normalized spacial score (nSPS) is 16.5. The fraction of sp³-hybridized carbons (Fsp3) is 0.500. The Balaban J connectivity index is 1.75. The SMILES string of the molecule is CCC1CCN(C(=O)Cn2c(=O)oc3ccccc32)CC1. The number of nitrogens with zero attached hydrogens (tertiary/aromatic N) is 2. The summed E-state index contributed by atoms with van der Waals surface area (Å²) < 4.78 is 6.58. The molecule has 0 saturated carbocycles. The molecular formula is C16H20N2O3. The van der Waals surface area contributed by atoms with E-state index in [0.29, 0.717) is 11.1 Å². The van der Waals surface area contributed by atoms with Gasteiger partial charge in [-0.15, -0.1) is 0 Å². The number of carbonyl (C=O) groups is 1. The van der Waals surface area contributed by atoms with Crippen molar-refractivity contribution in [3.63, 3.8) is 0 Å². The van der Waals surface area contributed by atoms with Crippen molar-refractivity contribution >= 4 is 17.0 Å². The molecule has 1 aliphatic heterocycles. The Morgan fingerprint density at radius 2 is 2.00 bits per heavy atom. The van der Waals surface area contributed by atoms with E-state index < -0.39 is 5.76 Å². The third-order valence-corrected chi connectivity index (χ3v) is 4.41. The lowest BCUT2D eigenvalue weighted by Crippen LogP contribution is -2.41. The number of amides is 1. The highest BCUT2D eigenvalue weighted by atomic mass is 16.4. The van der Waals surface area contributed by atoms with Gasteiger partial charge in [0.05, 0.1) is 5.52 Å². The molecule has 112 valence electrons. The van der Waals surface area contributed by atoms with Gasteiger partial charge in [0.25, 0.3) is 0 Å².